The minimum atomic E-state index is -0.460. The summed E-state index contributed by atoms with van der Waals surface area (Å²) in [5.74, 6) is 0.607. The van der Waals surface area contributed by atoms with Crippen molar-refractivity contribution in [2.45, 2.75) is 45.6 Å². The molecule has 0 aliphatic carbocycles. The minimum Gasteiger partial charge on any atom is -0.487 e. The lowest BCUT2D eigenvalue weighted by atomic mass is 9.92. The van der Waals surface area contributed by atoms with Crippen LogP contribution in [0.2, 0.25) is 0 Å². The van der Waals surface area contributed by atoms with E-state index >= 15 is 0 Å². The van der Waals surface area contributed by atoms with Gasteiger partial charge in [0.15, 0.2) is 0 Å². The van der Waals surface area contributed by atoms with Crippen LogP contribution in [0.15, 0.2) is 21.3 Å². The molecule has 7 heteroatoms. The molecule has 4 rings (SSSR count). The molecular formula is C23H30N2O5. The Balaban J connectivity index is 1.48. The first-order valence-electron chi connectivity index (χ1n) is 10.7. The van der Waals surface area contributed by atoms with Crippen molar-refractivity contribution in [2.24, 2.45) is 0 Å². The van der Waals surface area contributed by atoms with Crippen LogP contribution in [-0.4, -0.2) is 55.8 Å². The van der Waals surface area contributed by atoms with E-state index in [1.54, 1.807) is 0 Å². The summed E-state index contributed by atoms with van der Waals surface area (Å²) in [5, 5.41) is 3.79. The molecule has 0 unspecified atom stereocenters. The fourth-order valence-electron chi connectivity index (χ4n) is 4.14. The SMILES string of the molecule is Cc1c(CC(=O)NCCN2CCOCC2)c(=O)oc2cc3c(cc12)CCC(C)(C)O3. The maximum absolute atomic E-state index is 12.6. The molecule has 2 aliphatic rings. The van der Waals surface area contributed by atoms with Gasteiger partial charge in [-0.25, -0.2) is 4.79 Å². The number of carbonyl (C=O) groups is 1. The molecule has 3 heterocycles. The Bertz CT molecular complexity index is 1000. The minimum absolute atomic E-state index is 0.0217. The van der Waals surface area contributed by atoms with Crippen molar-refractivity contribution in [3.63, 3.8) is 0 Å². The van der Waals surface area contributed by atoms with Gasteiger partial charge in [-0.3, -0.25) is 9.69 Å². The normalized spacial score (nSPS) is 18.6. The van der Waals surface area contributed by atoms with E-state index in [9.17, 15) is 9.59 Å². The van der Waals surface area contributed by atoms with Crippen LogP contribution < -0.4 is 15.7 Å². The average Bonchev–Trinajstić information content (AvgIpc) is 2.70. The van der Waals surface area contributed by atoms with Crippen LogP contribution in [0.1, 0.15) is 37.0 Å². The lowest BCUT2D eigenvalue weighted by Crippen LogP contribution is -2.41. The Morgan fingerprint density at radius 2 is 2.00 bits per heavy atom. The molecule has 1 amide bonds. The summed E-state index contributed by atoms with van der Waals surface area (Å²) in [5.41, 5.74) is 2.15. The maximum Gasteiger partial charge on any atom is 0.340 e. The highest BCUT2D eigenvalue weighted by molar-refractivity contribution is 5.86. The number of benzene rings is 1. The molecule has 2 aliphatic heterocycles. The summed E-state index contributed by atoms with van der Waals surface area (Å²) in [6.45, 7) is 10.6. The maximum atomic E-state index is 12.6. The summed E-state index contributed by atoms with van der Waals surface area (Å²) in [6.07, 6.45) is 1.86. The third-order valence-corrected chi connectivity index (χ3v) is 6.04. The first-order valence-corrected chi connectivity index (χ1v) is 10.7. The summed E-state index contributed by atoms with van der Waals surface area (Å²) in [4.78, 5) is 27.3. The van der Waals surface area contributed by atoms with Gasteiger partial charge in [-0.05, 0) is 50.8 Å². The number of ether oxygens (including phenoxy) is 2. The Morgan fingerprint density at radius 1 is 1.23 bits per heavy atom. The number of carbonyl (C=O) groups excluding carboxylic acids is 1. The van der Waals surface area contributed by atoms with Crippen molar-refractivity contribution in [3.8, 4) is 5.75 Å². The standard InChI is InChI=1S/C23H30N2O5/c1-15-17-12-16-4-5-23(2,3)30-19(16)14-20(17)29-22(27)18(15)13-21(26)24-6-7-25-8-10-28-11-9-25/h12,14H,4-11,13H2,1-3H3,(H,24,26). The molecule has 0 radical (unpaired) electrons. The Hall–Kier alpha value is -2.38. The molecule has 1 saturated heterocycles. The van der Waals surface area contributed by atoms with Gasteiger partial charge in [0.05, 0.1) is 25.2 Å². The first-order chi connectivity index (χ1) is 14.3. The second-order valence-electron chi connectivity index (χ2n) is 8.79. The van der Waals surface area contributed by atoms with Gasteiger partial charge in [0.1, 0.15) is 16.9 Å². The molecule has 30 heavy (non-hydrogen) atoms. The number of aryl methyl sites for hydroxylation is 2. The average molecular weight is 415 g/mol. The predicted molar refractivity (Wildman–Crippen MR) is 114 cm³/mol. The molecule has 0 bridgehead atoms. The van der Waals surface area contributed by atoms with E-state index in [-0.39, 0.29) is 17.9 Å². The molecule has 1 aromatic carbocycles. The number of hydrogen-bond acceptors (Lipinski definition) is 6. The zero-order chi connectivity index (χ0) is 21.3. The topological polar surface area (TPSA) is 81.0 Å². The van der Waals surface area contributed by atoms with E-state index in [0.29, 0.717) is 17.7 Å². The fourth-order valence-corrected chi connectivity index (χ4v) is 4.14. The van der Waals surface area contributed by atoms with Gasteiger partial charge < -0.3 is 19.2 Å². The van der Waals surface area contributed by atoms with Gasteiger partial charge in [0.2, 0.25) is 5.91 Å². The van der Waals surface area contributed by atoms with E-state index in [4.69, 9.17) is 13.9 Å². The van der Waals surface area contributed by atoms with Crippen LogP contribution in [-0.2, 0) is 22.4 Å². The number of nitrogens with zero attached hydrogens (tertiary/aromatic N) is 1. The van der Waals surface area contributed by atoms with Crippen molar-refractivity contribution < 1.29 is 18.7 Å². The summed E-state index contributed by atoms with van der Waals surface area (Å²) in [7, 11) is 0. The number of nitrogens with one attached hydrogen (secondary N) is 1. The highest BCUT2D eigenvalue weighted by atomic mass is 16.5. The Kier molecular flexibility index (Phi) is 5.84. The third-order valence-electron chi connectivity index (χ3n) is 6.04. The molecule has 1 fully saturated rings. The highest BCUT2D eigenvalue weighted by Gasteiger charge is 2.28. The molecule has 1 N–H and O–H groups in total. The van der Waals surface area contributed by atoms with Crippen LogP contribution in [0.5, 0.6) is 5.75 Å². The summed E-state index contributed by atoms with van der Waals surface area (Å²) in [6, 6.07) is 3.85. The van der Waals surface area contributed by atoms with Crippen molar-refractivity contribution in [1.82, 2.24) is 10.2 Å². The second kappa shape index (κ2) is 8.40. The monoisotopic (exact) mass is 414 g/mol. The number of amides is 1. The predicted octanol–water partition coefficient (Wildman–Crippen LogP) is 2.20. The Labute approximate surface area is 176 Å². The molecule has 0 saturated carbocycles. The molecule has 0 spiro atoms. The van der Waals surface area contributed by atoms with Crippen LogP contribution in [0.3, 0.4) is 0 Å². The lowest BCUT2D eigenvalue weighted by Gasteiger charge is -2.32. The summed E-state index contributed by atoms with van der Waals surface area (Å²) < 4.78 is 17.0. The smallest absolute Gasteiger partial charge is 0.340 e. The molecular weight excluding hydrogens is 384 g/mol. The summed E-state index contributed by atoms with van der Waals surface area (Å²) >= 11 is 0. The van der Waals surface area contributed by atoms with Crippen LogP contribution in [0, 0.1) is 6.92 Å². The molecule has 1 aromatic heterocycles. The van der Waals surface area contributed by atoms with Crippen molar-refractivity contribution in [1.29, 1.82) is 0 Å². The van der Waals surface area contributed by atoms with Crippen molar-refractivity contribution >= 4 is 16.9 Å². The van der Waals surface area contributed by atoms with E-state index in [0.717, 1.165) is 68.0 Å². The van der Waals surface area contributed by atoms with Gasteiger partial charge in [-0.15, -0.1) is 0 Å². The quantitative estimate of drug-likeness (QED) is 0.756. The van der Waals surface area contributed by atoms with Crippen molar-refractivity contribution in [3.05, 3.63) is 39.2 Å². The van der Waals surface area contributed by atoms with Crippen LogP contribution in [0.4, 0.5) is 0 Å². The highest BCUT2D eigenvalue weighted by Crippen LogP contribution is 2.36. The molecule has 2 aromatic rings. The van der Waals surface area contributed by atoms with Gasteiger partial charge in [-0.2, -0.15) is 0 Å². The van der Waals surface area contributed by atoms with E-state index in [1.807, 2.05) is 19.1 Å². The van der Waals surface area contributed by atoms with Gasteiger partial charge in [0, 0.05) is 37.6 Å². The van der Waals surface area contributed by atoms with Gasteiger partial charge in [0.25, 0.3) is 0 Å². The third kappa shape index (κ3) is 4.52. The van der Waals surface area contributed by atoms with Crippen LogP contribution in [0.25, 0.3) is 11.0 Å². The Morgan fingerprint density at radius 3 is 2.77 bits per heavy atom. The van der Waals surface area contributed by atoms with Crippen LogP contribution >= 0.6 is 0 Å². The molecule has 162 valence electrons. The number of morpholine rings is 1. The fraction of sp³-hybridized carbons (Fsp3) is 0.565. The van der Waals surface area contributed by atoms with Gasteiger partial charge >= 0.3 is 5.63 Å². The molecule has 0 atom stereocenters. The zero-order valence-corrected chi connectivity index (χ0v) is 18.0. The number of hydrogen-bond donors (Lipinski definition) is 1. The molecule has 7 nitrogen and oxygen atoms in total. The van der Waals surface area contributed by atoms with Gasteiger partial charge in [-0.1, -0.05) is 0 Å². The number of fused-ring (bicyclic) bond motifs is 2. The van der Waals surface area contributed by atoms with E-state index in [1.165, 1.54) is 0 Å². The first kappa shape index (κ1) is 20.9. The number of rotatable bonds is 5. The largest absolute Gasteiger partial charge is 0.487 e. The zero-order valence-electron chi connectivity index (χ0n) is 18.0. The van der Waals surface area contributed by atoms with E-state index < -0.39 is 5.63 Å². The van der Waals surface area contributed by atoms with E-state index in [2.05, 4.69) is 24.1 Å². The van der Waals surface area contributed by atoms with Crippen molar-refractivity contribution in [2.75, 3.05) is 39.4 Å². The second-order valence-corrected chi connectivity index (χ2v) is 8.79. The lowest BCUT2D eigenvalue weighted by molar-refractivity contribution is -0.120.